The summed E-state index contributed by atoms with van der Waals surface area (Å²) in [6.07, 6.45) is 5.34. The van der Waals surface area contributed by atoms with Crippen LogP contribution in [0.2, 0.25) is 0 Å². The topological polar surface area (TPSA) is 23.8 Å². The van der Waals surface area contributed by atoms with Gasteiger partial charge in [-0.2, -0.15) is 5.26 Å². The van der Waals surface area contributed by atoms with E-state index in [-0.39, 0.29) is 0 Å². The first-order chi connectivity index (χ1) is 8.09. The average Bonchev–Trinajstić information content (AvgIpc) is 2.29. The van der Waals surface area contributed by atoms with Gasteiger partial charge in [-0.3, -0.25) is 0 Å². The largest absolute Gasteiger partial charge is 0.192 e. The standard InChI is InChI=1S/C15H19NS/c1-15(2)9-3-4-14(10-15)17-13-7-5-12(11-16)6-8-13/h5-8,14H,3-4,9-10H2,1-2H3. The first kappa shape index (κ1) is 12.5. The molecule has 0 heterocycles. The van der Waals surface area contributed by atoms with Crippen molar-refractivity contribution < 1.29 is 0 Å². The molecule has 1 aliphatic carbocycles. The molecule has 1 fully saturated rings. The Labute approximate surface area is 108 Å². The fourth-order valence-corrected chi connectivity index (χ4v) is 4.03. The molecule has 0 aliphatic heterocycles. The number of hydrogen-bond acceptors (Lipinski definition) is 2. The van der Waals surface area contributed by atoms with Crippen LogP contribution in [0.15, 0.2) is 29.2 Å². The molecule has 0 bridgehead atoms. The summed E-state index contributed by atoms with van der Waals surface area (Å²) in [5.41, 5.74) is 1.25. The number of nitriles is 1. The lowest BCUT2D eigenvalue weighted by Gasteiger charge is -2.34. The molecule has 1 unspecified atom stereocenters. The Morgan fingerprint density at radius 2 is 2.00 bits per heavy atom. The zero-order valence-corrected chi connectivity index (χ0v) is 11.4. The normalized spacial score (nSPS) is 23.0. The molecule has 0 saturated heterocycles. The highest BCUT2D eigenvalue weighted by Crippen LogP contribution is 2.42. The minimum atomic E-state index is 0.502. The zero-order chi connectivity index (χ0) is 12.3. The Morgan fingerprint density at radius 1 is 1.29 bits per heavy atom. The van der Waals surface area contributed by atoms with Crippen molar-refractivity contribution in [3.8, 4) is 6.07 Å². The molecule has 0 radical (unpaired) electrons. The molecular weight excluding hydrogens is 226 g/mol. The third kappa shape index (κ3) is 3.51. The van der Waals surface area contributed by atoms with Crippen LogP contribution in [0.3, 0.4) is 0 Å². The molecule has 90 valence electrons. The maximum Gasteiger partial charge on any atom is 0.0991 e. The minimum Gasteiger partial charge on any atom is -0.192 e. The van der Waals surface area contributed by atoms with Gasteiger partial charge in [-0.05, 0) is 48.9 Å². The molecule has 1 aliphatic rings. The number of thioether (sulfide) groups is 1. The average molecular weight is 245 g/mol. The highest BCUT2D eigenvalue weighted by atomic mass is 32.2. The van der Waals surface area contributed by atoms with Gasteiger partial charge in [0.05, 0.1) is 11.6 Å². The predicted octanol–water partition coefficient (Wildman–Crippen LogP) is 4.62. The van der Waals surface area contributed by atoms with E-state index in [1.807, 2.05) is 23.9 Å². The van der Waals surface area contributed by atoms with Gasteiger partial charge in [0.2, 0.25) is 0 Å². The third-order valence-corrected chi connectivity index (χ3v) is 4.73. The van der Waals surface area contributed by atoms with E-state index in [0.29, 0.717) is 5.41 Å². The number of benzene rings is 1. The van der Waals surface area contributed by atoms with Gasteiger partial charge in [0.25, 0.3) is 0 Å². The Kier molecular flexibility index (Phi) is 3.79. The van der Waals surface area contributed by atoms with Crippen LogP contribution >= 0.6 is 11.8 Å². The lowest BCUT2D eigenvalue weighted by atomic mass is 9.77. The summed E-state index contributed by atoms with van der Waals surface area (Å²) in [7, 11) is 0. The molecule has 1 saturated carbocycles. The van der Waals surface area contributed by atoms with Gasteiger partial charge in [0, 0.05) is 10.1 Å². The molecule has 1 aromatic carbocycles. The van der Waals surface area contributed by atoms with Crippen LogP contribution in [0.1, 0.15) is 45.1 Å². The van der Waals surface area contributed by atoms with E-state index in [1.54, 1.807) is 0 Å². The minimum absolute atomic E-state index is 0.502. The molecule has 0 aromatic heterocycles. The van der Waals surface area contributed by atoms with Crippen molar-refractivity contribution in [3.05, 3.63) is 29.8 Å². The summed E-state index contributed by atoms with van der Waals surface area (Å²) in [5.74, 6) is 0. The first-order valence-corrected chi connectivity index (χ1v) is 7.14. The molecule has 1 nitrogen and oxygen atoms in total. The molecule has 1 aromatic rings. The number of rotatable bonds is 2. The van der Waals surface area contributed by atoms with Gasteiger partial charge < -0.3 is 0 Å². The van der Waals surface area contributed by atoms with Crippen LogP contribution in [0.25, 0.3) is 0 Å². The van der Waals surface area contributed by atoms with Crippen LogP contribution in [0, 0.1) is 16.7 Å². The molecule has 0 N–H and O–H groups in total. The Hall–Kier alpha value is -0.940. The van der Waals surface area contributed by atoms with Crippen LogP contribution in [0.5, 0.6) is 0 Å². The van der Waals surface area contributed by atoms with Crippen LogP contribution < -0.4 is 0 Å². The third-order valence-electron chi connectivity index (χ3n) is 3.45. The van der Waals surface area contributed by atoms with Gasteiger partial charge in [0.1, 0.15) is 0 Å². The maximum absolute atomic E-state index is 8.76. The molecule has 2 heteroatoms. The second-order valence-corrected chi connectivity index (χ2v) is 7.01. The van der Waals surface area contributed by atoms with E-state index < -0.39 is 0 Å². The van der Waals surface area contributed by atoms with Crippen LogP contribution in [-0.4, -0.2) is 5.25 Å². The van der Waals surface area contributed by atoms with Crippen molar-refractivity contribution >= 4 is 11.8 Å². The predicted molar refractivity (Wildman–Crippen MR) is 73.1 cm³/mol. The van der Waals surface area contributed by atoms with Crippen molar-refractivity contribution in [2.45, 2.75) is 49.7 Å². The Bertz CT molecular complexity index is 414. The molecular formula is C15H19NS. The molecule has 2 rings (SSSR count). The summed E-state index contributed by atoms with van der Waals surface area (Å²) in [5, 5.41) is 9.50. The number of hydrogen-bond donors (Lipinski definition) is 0. The van der Waals surface area contributed by atoms with Gasteiger partial charge in [-0.25, -0.2) is 0 Å². The fraction of sp³-hybridized carbons (Fsp3) is 0.533. The van der Waals surface area contributed by atoms with Crippen molar-refractivity contribution in [2.75, 3.05) is 0 Å². The van der Waals surface area contributed by atoms with E-state index in [9.17, 15) is 0 Å². The second-order valence-electron chi connectivity index (χ2n) is 5.64. The molecule has 1 atom stereocenters. The van der Waals surface area contributed by atoms with Crippen molar-refractivity contribution in [3.63, 3.8) is 0 Å². The highest BCUT2D eigenvalue weighted by Gasteiger charge is 2.28. The summed E-state index contributed by atoms with van der Waals surface area (Å²) in [6.45, 7) is 4.75. The van der Waals surface area contributed by atoms with E-state index in [1.165, 1.54) is 30.6 Å². The zero-order valence-electron chi connectivity index (χ0n) is 10.6. The van der Waals surface area contributed by atoms with E-state index in [2.05, 4.69) is 32.0 Å². The fourth-order valence-electron chi connectivity index (χ4n) is 2.53. The van der Waals surface area contributed by atoms with E-state index in [0.717, 1.165) is 10.8 Å². The molecule has 0 amide bonds. The Balaban J connectivity index is 1.98. The monoisotopic (exact) mass is 245 g/mol. The van der Waals surface area contributed by atoms with Crippen LogP contribution in [0.4, 0.5) is 0 Å². The highest BCUT2D eigenvalue weighted by molar-refractivity contribution is 8.00. The van der Waals surface area contributed by atoms with Gasteiger partial charge >= 0.3 is 0 Å². The summed E-state index contributed by atoms with van der Waals surface area (Å²) < 4.78 is 0. The van der Waals surface area contributed by atoms with Crippen molar-refractivity contribution in [2.24, 2.45) is 5.41 Å². The van der Waals surface area contributed by atoms with Crippen molar-refractivity contribution in [1.82, 2.24) is 0 Å². The Morgan fingerprint density at radius 3 is 2.59 bits per heavy atom. The quantitative estimate of drug-likeness (QED) is 0.759. The summed E-state index contributed by atoms with van der Waals surface area (Å²) in [6, 6.07) is 10.1. The first-order valence-electron chi connectivity index (χ1n) is 6.26. The SMILES string of the molecule is CC1(C)CCCC(Sc2ccc(C#N)cc2)C1. The smallest absolute Gasteiger partial charge is 0.0991 e. The van der Waals surface area contributed by atoms with Crippen LogP contribution in [-0.2, 0) is 0 Å². The molecule has 17 heavy (non-hydrogen) atoms. The van der Waals surface area contributed by atoms with Gasteiger partial charge in [-0.1, -0.05) is 20.3 Å². The van der Waals surface area contributed by atoms with E-state index in [4.69, 9.17) is 5.26 Å². The lowest BCUT2D eigenvalue weighted by Crippen LogP contribution is -2.24. The molecule has 0 spiro atoms. The van der Waals surface area contributed by atoms with Gasteiger partial charge in [0.15, 0.2) is 0 Å². The summed E-state index contributed by atoms with van der Waals surface area (Å²) >= 11 is 1.98. The second kappa shape index (κ2) is 5.14. The lowest BCUT2D eigenvalue weighted by molar-refractivity contribution is 0.251. The van der Waals surface area contributed by atoms with Crippen molar-refractivity contribution in [1.29, 1.82) is 5.26 Å². The maximum atomic E-state index is 8.76. The van der Waals surface area contributed by atoms with E-state index >= 15 is 0 Å². The summed E-state index contributed by atoms with van der Waals surface area (Å²) in [4.78, 5) is 1.30. The number of nitrogens with zero attached hydrogens (tertiary/aromatic N) is 1. The van der Waals surface area contributed by atoms with Gasteiger partial charge in [-0.15, -0.1) is 11.8 Å².